The van der Waals surface area contributed by atoms with E-state index in [1.165, 1.54) is 12.1 Å². The molecule has 6 heteroatoms. The van der Waals surface area contributed by atoms with Crippen molar-refractivity contribution in [3.63, 3.8) is 0 Å². The molecule has 0 radical (unpaired) electrons. The second-order valence-corrected chi connectivity index (χ2v) is 4.24. The van der Waals surface area contributed by atoms with E-state index in [0.29, 0.717) is 0 Å². The van der Waals surface area contributed by atoms with Crippen LogP contribution in [0.1, 0.15) is 22.7 Å². The Hall–Kier alpha value is -1.95. The fraction of sp³-hybridized carbons (Fsp3) is 0.143. The molecule has 0 bridgehead atoms. The van der Waals surface area contributed by atoms with Crippen molar-refractivity contribution in [2.75, 3.05) is 0 Å². The van der Waals surface area contributed by atoms with Gasteiger partial charge >= 0.3 is 6.18 Å². The van der Waals surface area contributed by atoms with E-state index in [0.717, 1.165) is 30.3 Å². The first-order valence-corrected chi connectivity index (χ1v) is 5.67. The second kappa shape index (κ2) is 5.20. The zero-order chi connectivity index (χ0) is 14.9. The molecule has 0 aliphatic rings. The number of benzene rings is 2. The van der Waals surface area contributed by atoms with Gasteiger partial charge in [0.05, 0.1) is 11.6 Å². The summed E-state index contributed by atoms with van der Waals surface area (Å²) in [5, 5.41) is 0. The van der Waals surface area contributed by atoms with Gasteiger partial charge in [-0.15, -0.1) is 0 Å². The summed E-state index contributed by atoms with van der Waals surface area (Å²) in [7, 11) is 0. The van der Waals surface area contributed by atoms with E-state index >= 15 is 0 Å². The van der Waals surface area contributed by atoms with E-state index in [1.54, 1.807) is 0 Å². The highest BCUT2D eigenvalue weighted by Crippen LogP contribution is 2.31. The van der Waals surface area contributed by atoms with Crippen molar-refractivity contribution in [3.8, 4) is 0 Å². The van der Waals surface area contributed by atoms with Crippen LogP contribution in [-0.4, -0.2) is 0 Å². The van der Waals surface area contributed by atoms with Crippen LogP contribution in [0.15, 0.2) is 42.5 Å². The van der Waals surface area contributed by atoms with Crippen molar-refractivity contribution in [3.05, 3.63) is 70.8 Å². The number of hydrogen-bond donors (Lipinski definition) is 1. The zero-order valence-electron chi connectivity index (χ0n) is 10.1. The molecule has 106 valence electrons. The van der Waals surface area contributed by atoms with Gasteiger partial charge in [0.1, 0.15) is 0 Å². The van der Waals surface area contributed by atoms with Gasteiger partial charge < -0.3 is 5.73 Å². The van der Waals surface area contributed by atoms with Gasteiger partial charge in [0.2, 0.25) is 0 Å². The molecule has 0 amide bonds. The molecule has 0 aliphatic carbocycles. The average Bonchev–Trinajstić information content (AvgIpc) is 2.40. The minimum Gasteiger partial charge on any atom is -0.320 e. The highest BCUT2D eigenvalue weighted by Gasteiger charge is 2.30. The zero-order valence-corrected chi connectivity index (χ0v) is 10.1. The lowest BCUT2D eigenvalue weighted by Crippen LogP contribution is -2.15. The lowest BCUT2D eigenvalue weighted by molar-refractivity contribution is -0.137. The maximum absolute atomic E-state index is 13.6. The largest absolute Gasteiger partial charge is 0.416 e. The molecule has 0 spiro atoms. The predicted octanol–water partition coefficient (Wildman–Crippen LogP) is 4.03. The van der Waals surface area contributed by atoms with Gasteiger partial charge in [0, 0.05) is 5.56 Å². The van der Waals surface area contributed by atoms with Crippen molar-refractivity contribution in [1.82, 2.24) is 0 Å². The van der Waals surface area contributed by atoms with E-state index in [1.807, 2.05) is 0 Å². The first kappa shape index (κ1) is 14.5. The maximum atomic E-state index is 13.6. The number of alkyl halides is 3. The van der Waals surface area contributed by atoms with Crippen LogP contribution in [0.4, 0.5) is 22.0 Å². The Balaban J connectivity index is 2.34. The lowest BCUT2D eigenvalue weighted by atomic mass is 9.98. The van der Waals surface area contributed by atoms with E-state index in [-0.39, 0.29) is 11.1 Å². The Bertz CT molecular complexity index is 604. The fourth-order valence-electron chi connectivity index (χ4n) is 1.82. The smallest absolute Gasteiger partial charge is 0.320 e. The van der Waals surface area contributed by atoms with Crippen LogP contribution in [-0.2, 0) is 6.18 Å². The minimum atomic E-state index is -4.45. The number of hydrogen-bond acceptors (Lipinski definition) is 1. The van der Waals surface area contributed by atoms with Crippen molar-refractivity contribution in [2.24, 2.45) is 5.73 Å². The molecule has 20 heavy (non-hydrogen) atoms. The van der Waals surface area contributed by atoms with Gasteiger partial charge in [-0.05, 0) is 23.8 Å². The van der Waals surface area contributed by atoms with Crippen LogP contribution >= 0.6 is 0 Å². The van der Waals surface area contributed by atoms with E-state index in [2.05, 4.69) is 0 Å². The number of halogens is 5. The summed E-state index contributed by atoms with van der Waals surface area (Å²) in [5.41, 5.74) is 5.09. The van der Waals surface area contributed by atoms with Gasteiger partial charge in [-0.3, -0.25) is 0 Å². The van der Waals surface area contributed by atoms with Crippen LogP contribution in [0.3, 0.4) is 0 Å². The minimum absolute atomic E-state index is 0.107. The molecule has 0 saturated heterocycles. The molecule has 0 aromatic heterocycles. The Morgan fingerprint density at radius 2 is 1.50 bits per heavy atom. The summed E-state index contributed by atoms with van der Waals surface area (Å²) in [4.78, 5) is 0. The molecular formula is C14H10F5N. The Morgan fingerprint density at radius 3 is 2.05 bits per heavy atom. The molecule has 0 saturated carbocycles. The molecule has 1 nitrogen and oxygen atoms in total. The van der Waals surface area contributed by atoms with Crippen molar-refractivity contribution >= 4 is 0 Å². The third kappa shape index (κ3) is 2.80. The third-order valence-electron chi connectivity index (χ3n) is 2.91. The van der Waals surface area contributed by atoms with Crippen molar-refractivity contribution in [2.45, 2.75) is 12.2 Å². The molecule has 0 fully saturated rings. The summed E-state index contributed by atoms with van der Waals surface area (Å²) in [6.45, 7) is 0. The Kier molecular flexibility index (Phi) is 3.76. The van der Waals surface area contributed by atoms with Gasteiger partial charge in [0.25, 0.3) is 0 Å². The molecule has 2 aromatic rings. The van der Waals surface area contributed by atoms with Gasteiger partial charge in [0.15, 0.2) is 11.6 Å². The van der Waals surface area contributed by atoms with Crippen molar-refractivity contribution < 1.29 is 22.0 Å². The SMILES string of the molecule is NC(c1ccc(C(F)(F)F)cc1)c1cccc(F)c1F. The highest BCUT2D eigenvalue weighted by atomic mass is 19.4. The van der Waals surface area contributed by atoms with Crippen LogP contribution in [0.5, 0.6) is 0 Å². The first-order valence-electron chi connectivity index (χ1n) is 5.67. The quantitative estimate of drug-likeness (QED) is 0.829. The first-order chi connectivity index (χ1) is 9.30. The second-order valence-electron chi connectivity index (χ2n) is 4.24. The van der Waals surface area contributed by atoms with Crippen LogP contribution in [0.2, 0.25) is 0 Å². The Morgan fingerprint density at radius 1 is 0.900 bits per heavy atom. The summed E-state index contributed by atoms with van der Waals surface area (Å²) < 4.78 is 63.9. The normalized spacial score (nSPS) is 13.3. The standard InChI is InChI=1S/C14H10F5N/c15-11-3-1-2-10(12(11)16)13(20)8-4-6-9(7-5-8)14(17,18)19/h1-7,13H,20H2. The van der Waals surface area contributed by atoms with Gasteiger partial charge in [-0.2, -0.15) is 13.2 Å². The van der Waals surface area contributed by atoms with Crippen molar-refractivity contribution in [1.29, 1.82) is 0 Å². The maximum Gasteiger partial charge on any atom is 0.416 e. The Labute approximate surface area is 111 Å². The van der Waals surface area contributed by atoms with Gasteiger partial charge in [-0.1, -0.05) is 24.3 Å². The van der Waals surface area contributed by atoms with E-state index in [9.17, 15) is 22.0 Å². The summed E-state index contributed by atoms with van der Waals surface area (Å²) >= 11 is 0. The van der Waals surface area contributed by atoms with E-state index < -0.39 is 29.4 Å². The molecule has 1 atom stereocenters. The monoisotopic (exact) mass is 287 g/mol. The predicted molar refractivity (Wildman–Crippen MR) is 63.8 cm³/mol. The molecule has 1 unspecified atom stereocenters. The van der Waals surface area contributed by atoms with Gasteiger partial charge in [-0.25, -0.2) is 8.78 Å². The summed E-state index contributed by atoms with van der Waals surface area (Å²) in [6.07, 6.45) is -4.45. The molecule has 2 aromatic carbocycles. The highest BCUT2D eigenvalue weighted by molar-refractivity contribution is 5.34. The average molecular weight is 287 g/mol. The summed E-state index contributed by atoms with van der Waals surface area (Å²) in [6, 6.07) is 6.50. The lowest BCUT2D eigenvalue weighted by Gasteiger charge is -2.15. The fourth-order valence-corrected chi connectivity index (χ4v) is 1.82. The van der Waals surface area contributed by atoms with E-state index in [4.69, 9.17) is 5.73 Å². The van der Waals surface area contributed by atoms with Crippen LogP contribution in [0, 0.1) is 11.6 Å². The van der Waals surface area contributed by atoms with Crippen LogP contribution in [0.25, 0.3) is 0 Å². The summed E-state index contributed by atoms with van der Waals surface area (Å²) in [5.74, 6) is -2.15. The topological polar surface area (TPSA) is 26.0 Å². The number of rotatable bonds is 2. The molecule has 0 aliphatic heterocycles. The number of nitrogens with two attached hydrogens (primary N) is 1. The molecule has 0 heterocycles. The molecule has 2 rings (SSSR count). The molecular weight excluding hydrogens is 277 g/mol. The molecule has 2 N–H and O–H groups in total. The van der Waals surface area contributed by atoms with Crippen LogP contribution < -0.4 is 5.73 Å². The third-order valence-corrected chi connectivity index (χ3v) is 2.91.